The van der Waals surface area contributed by atoms with Gasteiger partial charge in [0.15, 0.2) is 0 Å². The fourth-order valence-electron chi connectivity index (χ4n) is 4.41. The Balaban J connectivity index is 1.41. The van der Waals surface area contributed by atoms with Crippen LogP contribution in [0.3, 0.4) is 0 Å². The molecule has 6 heteroatoms. The molecule has 1 aromatic carbocycles. The highest BCUT2D eigenvalue weighted by molar-refractivity contribution is 5.62. The number of nitrogens with zero attached hydrogens (tertiary/aromatic N) is 3. The topological polar surface area (TPSA) is 39.5 Å². The van der Waals surface area contributed by atoms with E-state index in [9.17, 15) is 4.39 Å². The van der Waals surface area contributed by atoms with Gasteiger partial charge in [0, 0.05) is 37.9 Å². The van der Waals surface area contributed by atoms with Crippen LogP contribution in [0, 0.1) is 5.82 Å². The highest BCUT2D eigenvalue weighted by Gasteiger charge is 2.41. The molecule has 5 nitrogen and oxygen atoms in total. The first-order valence-electron chi connectivity index (χ1n) is 9.04. The minimum atomic E-state index is -0.226. The zero-order valence-electron chi connectivity index (χ0n) is 14.1. The number of halogens is 1. The fraction of sp³-hybridized carbons (Fsp3) is 0.526. The van der Waals surface area contributed by atoms with Gasteiger partial charge >= 0.3 is 0 Å². The molecule has 2 saturated heterocycles. The van der Waals surface area contributed by atoms with Crippen LogP contribution in [0.1, 0.15) is 24.6 Å². The van der Waals surface area contributed by atoms with E-state index in [4.69, 9.17) is 9.47 Å². The first-order valence-corrected chi connectivity index (χ1v) is 9.04. The van der Waals surface area contributed by atoms with Gasteiger partial charge in [0.2, 0.25) is 0 Å². The Morgan fingerprint density at radius 3 is 2.68 bits per heavy atom. The van der Waals surface area contributed by atoms with Crippen molar-refractivity contribution in [1.82, 2.24) is 14.5 Å². The van der Waals surface area contributed by atoms with Crippen molar-refractivity contribution in [2.24, 2.45) is 0 Å². The zero-order chi connectivity index (χ0) is 16.8. The molecule has 0 N–H and O–H groups in total. The van der Waals surface area contributed by atoms with Gasteiger partial charge in [-0.2, -0.15) is 0 Å². The molecule has 0 aliphatic carbocycles. The van der Waals surface area contributed by atoms with Crippen LogP contribution in [-0.2, 0) is 16.1 Å². The van der Waals surface area contributed by atoms with E-state index in [1.807, 2.05) is 6.33 Å². The highest BCUT2D eigenvalue weighted by Crippen LogP contribution is 2.36. The Morgan fingerprint density at radius 2 is 1.88 bits per heavy atom. The first-order chi connectivity index (χ1) is 12.3. The van der Waals surface area contributed by atoms with Crippen molar-refractivity contribution < 1.29 is 13.9 Å². The highest BCUT2D eigenvalue weighted by atomic mass is 19.1. The van der Waals surface area contributed by atoms with E-state index < -0.39 is 0 Å². The third-order valence-corrected chi connectivity index (χ3v) is 5.78. The van der Waals surface area contributed by atoms with E-state index in [1.165, 1.54) is 12.1 Å². The summed E-state index contributed by atoms with van der Waals surface area (Å²) in [5.41, 5.74) is 2.95. The van der Waals surface area contributed by atoms with Gasteiger partial charge in [-0.25, -0.2) is 9.37 Å². The van der Waals surface area contributed by atoms with E-state index in [0.717, 1.165) is 56.1 Å². The summed E-state index contributed by atoms with van der Waals surface area (Å²) in [5, 5.41) is 0. The predicted molar refractivity (Wildman–Crippen MR) is 90.6 cm³/mol. The number of likely N-dealkylation sites (tertiary alicyclic amines) is 1. The number of fused-ring (bicyclic) bond motifs is 3. The molecule has 0 radical (unpaired) electrons. The molecular weight excluding hydrogens is 321 g/mol. The number of ether oxygens (including phenoxy) is 2. The predicted octanol–water partition coefficient (Wildman–Crippen LogP) is 2.62. The Bertz CT molecular complexity index is 755. The summed E-state index contributed by atoms with van der Waals surface area (Å²) < 4.78 is 27.2. The molecular formula is C19H22FN3O2. The molecule has 2 atom stereocenters. The maximum absolute atomic E-state index is 13.2. The second kappa shape index (κ2) is 6.20. The normalized spacial score (nSPS) is 27.2. The van der Waals surface area contributed by atoms with E-state index in [0.29, 0.717) is 18.7 Å². The van der Waals surface area contributed by atoms with Crippen LogP contribution in [0.4, 0.5) is 4.39 Å². The molecule has 4 heterocycles. The van der Waals surface area contributed by atoms with E-state index in [2.05, 4.69) is 14.5 Å². The van der Waals surface area contributed by atoms with Gasteiger partial charge < -0.3 is 14.0 Å². The third kappa shape index (κ3) is 2.69. The van der Waals surface area contributed by atoms with Crippen LogP contribution in [0.5, 0.6) is 0 Å². The Hall–Kier alpha value is -1.76. The molecule has 3 aliphatic rings. The molecule has 0 amide bonds. The Morgan fingerprint density at radius 1 is 1.08 bits per heavy atom. The first kappa shape index (κ1) is 15.5. The molecule has 2 aromatic rings. The number of rotatable bonds is 2. The lowest BCUT2D eigenvalue weighted by atomic mass is 10.1. The molecule has 0 unspecified atom stereocenters. The van der Waals surface area contributed by atoms with E-state index in [1.54, 1.807) is 12.1 Å². The SMILES string of the molecule is Fc1ccc(-c2ncn3c2CO[C@@H]2CN(C4CCOCC4)C[C@H]23)cc1. The lowest BCUT2D eigenvalue weighted by Crippen LogP contribution is -2.38. The van der Waals surface area contributed by atoms with Crippen LogP contribution >= 0.6 is 0 Å². The van der Waals surface area contributed by atoms with Gasteiger partial charge in [0.25, 0.3) is 0 Å². The summed E-state index contributed by atoms with van der Waals surface area (Å²) >= 11 is 0. The Labute approximate surface area is 146 Å². The molecule has 3 aliphatic heterocycles. The molecule has 0 spiro atoms. The molecule has 0 bridgehead atoms. The van der Waals surface area contributed by atoms with Gasteiger partial charge in [0.05, 0.1) is 36.5 Å². The van der Waals surface area contributed by atoms with E-state index in [-0.39, 0.29) is 11.9 Å². The summed E-state index contributed by atoms with van der Waals surface area (Å²) in [7, 11) is 0. The van der Waals surface area contributed by atoms with E-state index >= 15 is 0 Å². The standard InChI is InChI=1S/C19H22FN3O2/c20-14-3-1-13(2-4-14)19-17-11-25-18-10-22(15-5-7-24-8-6-15)9-16(18)23(17)12-21-19/h1-4,12,15-16,18H,5-11H2/t16-,18-/m1/s1. The maximum Gasteiger partial charge on any atom is 0.123 e. The average molecular weight is 343 g/mol. The summed E-state index contributed by atoms with van der Waals surface area (Å²) in [4.78, 5) is 7.18. The van der Waals surface area contributed by atoms with Crippen molar-refractivity contribution in [1.29, 1.82) is 0 Å². The van der Waals surface area contributed by atoms with Crippen molar-refractivity contribution in [2.45, 2.75) is 37.6 Å². The van der Waals surface area contributed by atoms with Gasteiger partial charge in [-0.15, -0.1) is 0 Å². The summed E-state index contributed by atoms with van der Waals surface area (Å²) in [6.07, 6.45) is 4.38. The number of aromatic nitrogens is 2. The second-order valence-corrected chi connectivity index (χ2v) is 7.17. The maximum atomic E-state index is 13.2. The fourth-order valence-corrected chi connectivity index (χ4v) is 4.41. The average Bonchev–Trinajstić information content (AvgIpc) is 3.27. The lowest BCUT2D eigenvalue weighted by Gasteiger charge is -2.30. The smallest absolute Gasteiger partial charge is 0.123 e. The number of benzene rings is 1. The lowest BCUT2D eigenvalue weighted by molar-refractivity contribution is -0.00476. The number of hydrogen-bond acceptors (Lipinski definition) is 4. The number of imidazole rings is 1. The van der Waals surface area contributed by atoms with Crippen molar-refractivity contribution in [3.05, 3.63) is 42.1 Å². The molecule has 5 rings (SSSR count). The van der Waals surface area contributed by atoms with Gasteiger partial charge in [0.1, 0.15) is 5.82 Å². The van der Waals surface area contributed by atoms with Crippen molar-refractivity contribution in [3.8, 4) is 11.3 Å². The summed E-state index contributed by atoms with van der Waals surface area (Å²) in [6, 6.07) is 7.45. The van der Waals surface area contributed by atoms with Crippen LogP contribution in [-0.4, -0.2) is 52.9 Å². The molecule has 25 heavy (non-hydrogen) atoms. The third-order valence-electron chi connectivity index (χ3n) is 5.78. The van der Waals surface area contributed by atoms with Crippen molar-refractivity contribution in [3.63, 3.8) is 0 Å². The van der Waals surface area contributed by atoms with Crippen LogP contribution in [0.2, 0.25) is 0 Å². The quantitative estimate of drug-likeness (QED) is 0.840. The van der Waals surface area contributed by atoms with Crippen molar-refractivity contribution in [2.75, 3.05) is 26.3 Å². The van der Waals surface area contributed by atoms with Crippen molar-refractivity contribution >= 4 is 0 Å². The van der Waals surface area contributed by atoms with Crippen LogP contribution in [0.15, 0.2) is 30.6 Å². The molecule has 2 fully saturated rings. The molecule has 1 aromatic heterocycles. The van der Waals surface area contributed by atoms with Gasteiger partial charge in [-0.05, 0) is 37.1 Å². The van der Waals surface area contributed by atoms with Crippen LogP contribution < -0.4 is 0 Å². The molecule has 132 valence electrons. The summed E-state index contributed by atoms with van der Waals surface area (Å²) in [6.45, 7) is 4.28. The summed E-state index contributed by atoms with van der Waals surface area (Å²) in [5.74, 6) is -0.226. The van der Waals surface area contributed by atoms with Gasteiger partial charge in [-0.3, -0.25) is 4.90 Å². The minimum absolute atomic E-state index is 0.226. The molecule has 0 saturated carbocycles. The van der Waals surface area contributed by atoms with Gasteiger partial charge in [-0.1, -0.05) is 0 Å². The minimum Gasteiger partial charge on any atom is -0.381 e. The second-order valence-electron chi connectivity index (χ2n) is 7.17. The largest absolute Gasteiger partial charge is 0.381 e. The monoisotopic (exact) mass is 343 g/mol. The Kier molecular flexibility index (Phi) is 3.84. The number of hydrogen-bond donors (Lipinski definition) is 0. The zero-order valence-corrected chi connectivity index (χ0v) is 14.1. The van der Waals surface area contributed by atoms with Crippen LogP contribution in [0.25, 0.3) is 11.3 Å².